The van der Waals surface area contributed by atoms with Crippen LogP contribution < -0.4 is 16.0 Å². The van der Waals surface area contributed by atoms with Crippen LogP contribution in [-0.4, -0.2) is 39.6 Å². The fourth-order valence-electron chi connectivity index (χ4n) is 2.36. The highest BCUT2D eigenvalue weighted by Crippen LogP contribution is 2.17. The third kappa shape index (κ3) is 3.78. The molecule has 0 unspecified atom stereocenters. The Hall–Kier alpha value is -1.96. The lowest BCUT2D eigenvalue weighted by atomic mass is 10.1. The van der Waals surface area contributed by atoms with E-state index in [0.29, 0.717) is 11.9 Å². The molecule has 1 saturated heterocycles. The second-order valence-corrected chi connectivity index (χ2v) is 5.74. The van der Waals surface area contributed by atoms with Crippen molar-refractivity contribution in [3.63, 3.8) is 0 Å². The van der Waals surface area contributed by atoms with Crippen LogP contribution in [0.5, 0.6) is 0 Å². The summed E-state index contributed by atoms with van der Waals surface area (Å²) in [5, 5.41) is 5.24. The molecular weight excluding hydrogens is 286 g/mol. The van der Waals surface area contributed by atoms with E-state index in [1.807, 2.05) is 10.9 Å². The molecule has 1 aliphatic heterocycles. The van der Waals surface area contributed by atoms with E-state index in [1.165, 1.54) is 19.3 Å². The summed E-state index contributed by atoms with van der Waals surface area (Å²) in [6.45, 7) is 2.70. The van der Waals surface area contributed by atoms with Crippen LogP contribution in [0.4, 0.5) is 17.8 Å². The fourth-order valence-corrected chi connectivity index (χ4v) is 2.95. The van der Waals surface area contributed by atoms with Crippen molar-refractivity contribution in [2.24, 2.45) is 0 Å². The average molecular weight is 305 g/mol. The van der Waals surface area contributed by atoms with Gasteiger partial charge in [-0.1, -0.05) is 0 Å². The summed E-state index contributed by atoms with van der Waals surface area (Å²) in [5.74, 6) is 1.48. The highest BCUT2D eigenvalue weighted by Gasteiger charge is 2.15. The minimum absolute atomic E-state index is 0.265. The number of aromatic nitrogens is 4. The molecule has 1 fully saturated rings. The Labute approximate surface area is 127 Å². The SMILES string of the molecule is Nc1nc(NCCc2cscn2)nc(N2CCCCC2)n1. The van der Waals surface area contributed by atoms with Gasteiger partial charge in [-0.3, -0.25) is 0 Å². The zero-order valence-electron chi connectivity index (χ0n) is 11.8. The molecule has 112 valence electrons. The Morgan fingerprint density at radius 1 is 1.19 bits per heavy atom. The Kier molecular flexibility index (Phi) is 4.44. The first-order chi connectivity index (χ1) is 10.3. The summed E-state index contributed by atoms with van der Waals surface area (Å²) in [5.41, 5.74) is 8.71. The van der Waals surface area contributed by atoms with Gasteiger partial charge in [-0.2, -0.15) is 15.0 Å². The molecule has 0 spiro atoms. The maximum atomic E-state index is 5.79. The van der Waals surface area contributed by atoms with E-state index in [-0.39, 0.29) is 5.95 Å². The molecule has 3 N–H and O–H groups in total. The van der Waals surface area contributed by atoms with E-state index < -0.39 is 0 Å². The second kappa shape index (κ2) is 6.66. The summed E-state index contributed by atoms with van der Waals surface area (Å²) in [7, 11) is 0. The Balaban J connectivity index is 1.63. The van der Waals surface area contributed by atoms with Crippen molar-refractivity contribution < 1.29 is 0 Å². The molecule has 21 heavy (non-hydrogen) atoms. The van der Waals surface area contributed by atoms with Crippen molar-refractivity contribution in [1.82, 2.24) is 19.9 Å². The monoisotopic (exact) mass is 305 g/mol. The van der Waals surface area contributed by atoms with Crippen molar-refractivity contribution in [3.05, 3.63) is 16.6 Å². The molecule has 0 saturated carbocycles. The summed E-state index contributed by atoms with van der Waals surface area (Å²) in [4.78, 5) is 19.3. The van der Waals surface area contributed by atoms with Crippen LogP contribution in [-0.2, 0) is 6.42 Å². The molecular formula is C13H19N7S. The molecule has 0 atom stereocenters. The first-order valence-corrected chi connectivity index (χ1v) is 8.13. The van der Waals surface area contributed by atoms with Crippen LogP contribution in [0.2, 0.25) is 0 Å². The Morgan fingerprint density at radius 3 is 2.81 bits per heavy atom. The number of hydrogen-bond acceptors (Lipinski definition) is 8. The fraction of sp³-hybridized carbons (Fsp3) is 0.538. The van der Waals surface area contributed by atoms with Crippen molar-refractivity contribution >= 4 is 29.2 Å². The number of rotatable bonds is 5. The van der Waals surface area contributed by atoms with E-state index in [4.69, 9.17) is 5.73 Å². The number of hydrogen-bond donors (Lipinski definition) is 2. The molecule has 2 aromatic heterocycles. The molecule has 0 aromatic carbocycles. The number of thiazole rings is 1. The predicted octanol–water partition coefficient (Wildman–Crippen LogP) is 1.56. The molecule has 8 heteroatoms. The van der Waals surface area contributed by atoms with Gasteiger partial charge in [0.1, 0.15) is 0 Å². The van der Waals surface area contributed by atoms with E-state index in [1.54, 1.807) is 11.3 Å². The van der Waals surface area contributed by atoms with Gasteiger partial charge in [-0.25, -0.2) is 4.98 Å². The van der Waals surface area contributed by atoms with Crippen LogP contribution in [0, 0.1) is 0 Å². The van der Waals surface area contributed by atoms with Gasteiger partial charge in [0, 0.05) is 31.4 Å². The van der Waals surface area contributed by atoms with E-state index in [9.17, 15) is 0 Å². The second-order valence-electron chi connectivity index (χ2n) is 5.02. The summed E-state index contributed by atoms with van der Waals surface area (Å²) in [6.07, 6.45) is 4.47. The summed E-state index contributed by atoms with van der Waals surface area (Å²) in [6, 6.07) is 0. The van der Waals surface area contributed by atoms with Gasteiger partial charge in [-0.05, 0) is 19.3 Å². The van der Waals surface area contributed by atoms with Crippen molar-refractivity contribution in [1.29, 1.82) is 0 Å². The number of piperidine rings is 1. The maximum absolute atomic E-state index is 5.79. The van der Waals surface area contributed by atoms with Crippen LogP contribution >= 0.6 is 11.3 Å². The Bertz CT molecular complexity index is 566. The lowest BCUT2D eigenvalue weighted by molar-refractivity contribution is 0.568. The summed E-state index contributed by atoms with van der Waals surface area (Å²) < 4.78 is 0. The van der Waals surface area contributed by atoms with E-state index in [2.05, 4.69) is 30.2 Å². The van der Waals surface area contributed by atoms with Crippen LogP contribution in [0.15, 0.2) is 10.9 Å². The normalized spacial score (nSPS) is 15.1. The molecule has 0 bridgehead atoms. The number of nitrogens with zero attached hydrogens (tertiary/aromatic N) is 5. The van der Waals surface area contributed by atoms with Crippen molar-refractivity contribution in [2.45, 2.75) is 25.7 Å². The number of nitrogen functional groups attached to an aromatic ring is 1. The van der Waals surface area contributed by atoms with Gasteiger partial charge < -0.3 is 16.0 Å². The standard InChI is InChI=1S/C13H19N7S/c14-11-17-12(15-5-4-10-8-21-9-16-10)19-13(18-11)20-6-2-1-3-7-20/h8-9H,1-7H2,(H3,14,15,17,18,19). The first-order valence-electron chi connectivity index (χ1n) is 7.19. The minimum Gasteiger partial charge on any atom is -0.368 e. The van der Waals surface area contributed by atoms with Gasteiger partial charge in [0.05, 0.1) is 11.2 Å². The number of anilines is 3. The Morgan fingerprint density at radius 2 is 2.05 bits per heavy atom. The minimum atomic E-state index is 0.265. The third-order valence-corrected chi connectivity index (χ3v) is 4.06. The average Bonchev–Trinajstić information content (AvgIpc) is 3.01. The van der Waals surface area contributed by atoms with E-state index >= 15 is 0 Å². The van der Waals surface area contributed by atoms with Gasteiger partial charge in [0.15, 0.2) is 0 Å². The molecule has 0 amide bonds. The van der Waals surface area contributed by atoms with Crippen molar-refractivity contribution in [2.75, 3.05) is 35.6 Å². The lowest BCUT2D eigenvalue weighted by Crippen LogP contribution is -2.31. The molecule has 3 heterocycles. The predicted molar refractivity (Wildman–Crippen MR) is 84.6 cm³/mol. The molecule has 3 rings (SSSR count). The molecule has 0 aliphatic carbocycles. The number of nitrogens with one attached hydrogen (secondary N) is 1. The van der Waals surface area contributed by atoms with Crippen LogP contribution in [0.1, 0.15) is 25.0 Å². The van der Waals surface area contributed by atoms with E-state index in [0.717, 1.165) is 31.7 Å². The molecule has 2 aromatic rings. The quantitative estimate of drug-likeness (QED) is 0.865. The van der Waals surface area contributed by atoms with Crippen LogP contribution in [0.3, 0.4) is 0 Å². The maximum Gasteiger partial charge on any atom is 0.231 e. The number of nitrogens with two attached hydrogens (primary N) is 1. The third-order valence-electron chi connectivity index (χ3n) is 3.43. The molecule has 1 aliphatic rings. The van der Waals surface area contributed by atoms with Gasteiger partial charge in [0.2, 0.25) is 17.8 Å². The van der Waals surface area contributed by atoms with Crippen molar-refractivity contribution in [3.8, 4) is 0 Å². The highest BCUT2D eigenvalue weighted by molar-refractivity contribution is 7.07. The topological polar surface area (TPSA) is 92.8 Å². The summed E-state index contributed by atoms with van der Waals surface area (Å²) >= 11 is 1.60. The largest absolute Gasteiger partial charge is 0.368 e. The first kappa shape index (κ1) is 14.0. The lowest BCUT2D eigenvalue weighted by Gasteiger charge is -2.26. The smallest absolute Gasteiger partial charge is 0.231 e. The molecule has 7 nitrogen and oxygen atoms in total. The van der Waals surface area contributed by atoms with Gasteiger partial charge in [-0.15, -0.1) is 11.3 Å². The molecule has 0 radical (unpaired) electrons. The zero-order valence-corrected chi connectivity index (χ0v) is 12.6. The van der Waals surface area contributed by atoms with Gasteiger partial charge >= 0.3 is 0 Å². The highest BCUT2D eigenvalue weighted by atomic mass is 32.1. The zero-order chi connectivity index (χ0) is 14.5. The van der Waals surface area contributed by atoms with Crippen LogP contribution in [0.25, 0.3) is 0 Å². The van der Waals surface area contributed by atoms with Gasteiger partial charge in [0.25, 0.3) is 0 Å².